The highest BCUT2D eigenvalue weighted by Gasteiger charge is 2.18. The topological polar surface area (TPSA) is 73.1 Å². The Bertz CT molecular complexity index is 1200. The van der Waals surface area contributed by atoms with Crippen molar-refractivity contribution in [2.75, 3.05) is 0 Å². The Kier molecular flexibility index (Phi) is 5.73. The average Bonchev–Trinajstić information content (AvgIpc) is 2.68. The molecule has 0 unspecified atom stereocenters. The van der Waals surface area contributed by atoms with Gasteiger partial charge in [0, 0.05) is 6.04 Å². The molecule has 1 atom stereocenters. The summed E-state index contributed by atoms with van der Waals surface area (Å²) in [7, 11) is 0. The number of hydrogen-bond donors (Lipinski definition) is 1. The maximum atomic E-state index is 13.4. The summed E-state index contributed by atoms with van der Waals surface area (Å²) in [6.07, 6.45) is 0.794. The van der Waals surface area contributed by atoms with Crippen molar-refractivity contribution in [3.05, 3.63) is 73.9 Å². The molecule has 0 aliphatic carbocycles. The predicted molar refractivity (Wildman–Crippen MR) is 116 cm³/mol. The summed E-state index contributed by atoms with van der Waals surface area (Å²) in [4.78, 5) is 39.2. The first-order chi connectivity index (χ1) is 13.7. The second kappa shape index (κ2) is 8.07. The van der Waals surface area contributed by atoms with E-state index in [0.717, 1.165) is 23.1 Å². The van der Waals surface area contributed by atoms with Gasteiger partial charge in [-0.3, -0.25) is 14.2 Å². The first kappa shape index (κ1) is 20.6. The molecule has 0 radical (unpaired) electrons. The van der Waals surface area contributed by atoms with Crippen molar-refractivity contribution < 1.29 is 4.79 Å². The Hall–Kier alpha value is -3.15. The van der Waals surface area contributed by atoms with Crippen molar-refractivity contribution in [3.63, 3.8) is 0 Å². The van der Waals surface area contributed by atoms with E-state index in [1.54, 1.807) is 18.2 Å². The number of nitrogens with one attached hydrogen (secondary N) is 1. The Morgan fingerprint density at radius 2 is 1.83 bits per heavy atom. The fraction of sp³-hybridized carbons (Fsp3) is 0.348. The number of aromatic nitrogens is 2. The third kappa shape index (κ3) is 3.88. The van der Waals surface area contributed by atoms with Crippen LogP contribution in [0.3, 0.4) is 0 Å². The van der Waals surface area contributed by atoms with Gasteiger partial charge in [-0.15, -0.1) is 0 Å². The molecule has 1 N–H and O–H groups in total. The lowest BCUT2D eigenvalue weighted by atomic mass is 10.1. The first-order valence-electron chi connectivity index (χ1n) is 9.86. The van der Waals surface area contributed by atoms with Gasteiger partial charge in [-0.2, -0.15) is 0 Å². The fourth-order valence-corrected chi connectivity index (χ4v) is 3.40. The van der Waals surface area contributed by atoms with E-state index in [0.29, 0.717) is 16.6 Å². The van der Waals surface area contributed by atoms with Crippen LogP contribution in [0.4, 0.5) is 0 Å². The molecule has 152 valence electrons. The highest BCUT2D eigenvalue weighted by atomic mass is 16.2. The van der Waals surface area contributed by atoms with Gasteiger partial charge >= 0.3 is 5.69 Å². The number of carbonyl (C=O) groups is 1. The van der Waals surface area contributed by atoms with E-state index in [2.05, 4.69) is 5.32 Å². The molecule has 29 heavy (non-hydrogen) atoms. The van der Waals surface area contributed by atoms with Gasteiger partial charge in [0.15, 0.2) is 0 Å². The van der Waals surface area contributed by atoms with Crippen molar-refractivity contribution in [3.8, 4) is 5.69 Å². The largest absolute Gasteiger partial charge is 0.352 e. The normalized spacial score (nSPS) is 12.2. The molecule has 6 heteroatoms. The third-order valence-electron chi connectivity index (χ3n) is 5.44. The molecular formula is C23H27N3O3. The number of benzene rings is 2. The number of nitrogens with zero attached hydrogens (tertiary/aromatic N) is 2. The van der Waals surface area contributed by atoms with Gasteiger partial charge < -0.3 is 5.32 Å². The number of hydrogen-bond acceptors (Lipinski definition) is 3. The van der Waals surface area contributed by atoms with Crippen LogP contribution in [0, 0.1) is 20.8 Å². The molecule has 1 amide bonds. The second-order valence-electron chi connectivity index (χ2n) is 7.63. The minimum Gasteiger partial charge on any atom is -0.352 e. The van der Waals surface area contributed by atoms with E-state index in [1.807, 2.05) is 52.8 Å². The third-order valence-corrected chi connectivity index (χ3v) is 5.44. The van der Waals surface area contributed by atoms with Crippen LogP contribution in [0.25, 0.3) is 16.6 Å². The van der Waals surface area contributed by atoms with Crippen molar-refractivity contribution in [2.24, 2.45) is 0 Å². The average molecular weight is 393 g/mol. The van der Waals surface area contributed by atoms with Gasteiger partial charge in [-0.25, -0.2) is 9.36 Å². The zero-order valence-electron chi connectivity index (χ0n) is 17.6. The number of fused-ring (bicyclic) bond motifs is 1. The van der Waals surface area contributed by atoms with Crippen LogP contribution in [0.1, 0.15) is 37.0 Å². The van der Waals surface area contributed by atoms with Crippen molar-refractivity contribution in [1.82, 2.24) is 14.5 Å². The molecule has 0 saturated carbocycles. The summed E-state index contributed by atoms with van der Waals surface area (Å²) in [5.41, 5.74) is 2.87. The van der Waals surface area contributed by atoms with Crippen LogP contribution in [-0.2, 0) is 11.3 Å². The van der Waals surface area contributed by atoms with E-state index >= 15 is 0 Å². The first-order valence-corrected chi connectivity index (χ1v) is 9.86. The molecule has 1 heterocycles. The van der Waals surface area contributed by atoms with Gasteiger partial charge in [0.25, 0.3) is 5.56 Å². The summed E-state index contributed by atoms with van der Waals surface area (Å²) < 4.78 is 2.57. The van der Waals surface area contributed by atoms with Crippen LogP contribution in [0.15, 0.2) is 46.0 Å². The molecule has 1 aromatic heterocycles. The van der Waals surface area contributed by atoms with E-state index in [9.17, 15) is 14.4 Å². The van der Waals surface area contributed by atoms with Gasteiger partial charge in [-0.05, 0) is 63.4 Å². The van der Waals surface area contributed by atoms with E-state index < -0.39 is 5.69 Å². The molecule has 2 aromatic carbocycles. The molecule has 0 fully saturated rings. The molecular weight excluding hydrogens is 366 g/mol. The second-order valence-corrected chi connectivity index (χ2v) is 7.63. The summed E-state index contributed by atoms with van der Waals surface area (Å²) in [5.74, 6) is -0.255. The monoisotopic (exact) mass is 393 g/mol. The molecule has 0 bridgehead atoms. The SMILES string of the molecule is CC[C@H](C)NC(=O)Cn1c(=O)n(-c2cccc(C)c2C)c(=O)c2cc(C)ccc21. The van der Waals surface area contributed by atoms with Crippen LogP contribution in [-0.4, -0.2) is 21.1 Å². The standard InChI is InChI=1S/C23H27N3O3/c1-6-16(4)24-21(27)13-25-20-11-10-14(2)12-18(20)22(28)26(23(25)29)19-9-7-8-15(3)17(19)5/h7-12,16H,6,13H2,1-5H3,(H,24,27)/t16-/m0/s1. The highest BCUT2D eigenvalue weighted by molar-refractivity contribution is 5.82. The summed E-state index contributed by atoms with van der Waals surface area (Å²) in [5, 5.41) is 3.31. The Morgan fingerprint density at radius 3 is 2.52 bits per heavy atom. The Balaban J connectivity index is 2.31. The predicted octanol–water partition coefficient (Wildman–Crippen LogP) is 2.99. The minimum atomic E-state index is -0.514. The van der Waals surface area contributed by atoms with Crippen molar-refractivity contribution in [1.29, 1.82) is 0 Å². The Labute approximate surface area is 169 Å². The fourth-order valence-electron chi connectivity index (χ4n) is 3.40. The summed E-state index contributed by atoms with van der Waals surface area (Å²) in [6.45, 7) is 9.47. The van der Waals surface area contributed by atoms with Crippen molar-refractivity contribution >= 4 is 16.8 Å². The minimum absolute atomic E-state index is 0.0108. The summed E-state index contributed by atoms with van der Waals surface area (Å²) in [6, 6.07) is 10.9. The molecule has 3 rings (SSSR count). The van der Waals surface area contributed by atoms with Gasteiger partial charge in [-0.1, -0.05) is 30.7 Å². The molecule has 3 aromatic rings. The maximum Gasteiger partial charge on any atom is 0.336 e. The number of rotatable bonds is 5. The Morgan fingerprint density at radius 1 is 1.10 bits per heavy atom. The van der Waals surface area contributed by atoms with Crippen LogP contribution < -0.4 is 16.6 Å². The van der Waals surface area contributed by atoms with Crippen molar-refractivity contribution in [2.45, 2.75) is 53.6 Å². The van der Waals surface area contributed by atoms with E-state index in [1.165, 1.54) is 9.13 Å². The molecule has 0 spiro atoms. The molecule has 0 saturated heterocycles. The number of carbonyl (C=O) groups excluding carboxylic acids is 1. The molecule has 6 nitrogen and oxygen atoms in total. The molecule has 0 aliphatic heterocycles. The van der Waals surface area contributed by atoms with E-state index in [4.69, 9.17) is 0 Å². The molecule has 0 aliphatic rings. The quantitative estimate of drug-likeness (QED) is 0.724. The van der Waals surface area contributed by atoms with Crippen LogP contribution in [0.5, 0.6) is 0 Å². The lowest BCUT2D eigenvalue weighted by Gasteiger charge is -2.17. The number of amides is 1. The number of aryl methyl sites for hydroxylation is 2. The van der Waals surface area contributed by atoms with Crippen LogP contribution >= 0.6 is 0 Å². The highest BCUT2D eigenvalue weighted by Crippen LogP contribution is 2.17. The van der Waals surface area contributed by atoms with Crippen LogP contribution in [0.2, 0.25) is 0 Å². The zero-order chi connectivity index (χ0) is 21.3. The lowest BCUT2D eigenvalue weighted by Crippen LogP contribution is -2.43. The van der Waals surface area contributed by atoms with E-state index in [-0.39, 0.29) is 24.1 Å². The van der Waals surface area contributed by atoms with Gasteiger partial charge in [0.05, 0.1) is 16.6 Å². The summed E-state index contributed by atoms with van der Waals surface area (Å²) >= 11 is 0. The lowest BCUT2D eigenvalue weighted by molar-refractivity contribution is -0.122. The van der Waals surface area contributed by atoms with Gasteiger partial charge in [0.2, 0.25) is 5.91 Å². The smallest absolute Gasteiger partial charge is 0.336 e. The maximum absolute atomic E-state index is 13.4. The van der Waals surface area contributed by atoms with Gasteiger partial charge in [0.1, 0.15) is 6.54 Å². The zero-order valence-corrected chi connectivity index (χ0v) is 17.6.